The summed E-state index contributed by atoms with van der Waals surface area (Å²) in [5.74, 6) is -2.81. The molecule has 0 radical (unpaired) electrons. The highest BCUT2D eigenvalue weighted by atomic mass is 19.1. The number of benzene rings is 2. The minimum absolute atomic E-state index is 0.0844. The summed E-state index contributed by atoms with van der Waals surface area (Å²) >= 11 is 0. The predicted molar refractivity (Wildman–Crippen MR) is 67.1 cm³/mol. The fourth-order valence-corrected chi connectivity index (χ4v) is 1.86. The topological polar surface area (TPSA) is 41.6 Å². The van der Waals surface area contributed by atoms with Crippen LogP contribution in [-0.2, 0) is 0 Å². The van der Waals surface area contributed by atoms with E-state index in [-0.39, 0.29) is 5.82 Å². The Morgan fingerprint density at radius 3 is 2.20 bits per heavy atom. The monoisotopic (exact) mass is 275 g/mol. The zero-order valence-electron chi connectivity index (χ0n) is 10.1. The van der Waals surface area contributed by atoms with Crippen molar-refractivity contribution >= 4 is 0 Å². The average Bonchev–Trinajstić information content (AvgIpc) is 2.88. The molecule has 20 heavy (non-hydrogen) atoms. The maximum atomic E-state index is 13.6. The molecule has 0 amide bonds. The Balaban J connectivity index is 2.07. The number of nitrogens with zero attached hydrogens (tertiary/aromatic N) is 2. The van der Waals surface area contributed by atoms with Crippen molar-refractivity contribution in [3.8, 4) is 22.8 Å². The lowest BCUT2D eigenvalue weighted by molar-refractivity contribution is 0.547. The first kappa shape index (κ1) is 12.4. The van der Waals surface area contributed by atoms with Gasteiger partial charge in [0.1, 0.15) is 17.5 Å². The number of halogens is 3. The second-order valence-corrected chi connectivity index (χ2v) is 4.12. The summed E-state index contributed by atoms with van der Waals surface area (Å²) in [4.78, 5) is 4.03. The second kappa shape index (κ2) is 4.80. The van der Waals surface area contributed by atoms with Gasteiger partial charge in [-0.05, 0) is 0 Å². The lowest BCUT2D eigenvalue weighted by atomic mass is 10.2. The van der Waals surface area contributed by atoms with Gasteiger partial charge < -0.3 is 0 Å². The van der Waals surface area contributed by atoms with E-state index in [0.717, 1.165) is 0 Å². The van der Waals surface area contributed by atoms with Crippen LogP contribution in [0, 0.1) is 17.5 Å². The molecule has 0 aliphatic rings. The van der Waals surface area contributed by atoms with Gasteiger partial charge in [-0.1, -0.05) is 30.3 Å². The Hall–Kier alpha value is -2.63. The fraction of sp³-hybridized carbons (Fsp3) is 0. The summed E-state index contributed by atoms with van der Waals surface area (Å²) in [6.45, 7) is 0. The molecule has 2 aromatic carbocycles. The van der Waals surface area contributed by atoms with Crippen molar-refractivity contribution in [2.24, 2.45) is 0 Å². The Morgan fingerprint density at radius 2 is 1.55 bits per heavy atom. The molecule has 100 valence electrons. The van der Waals surface area contributed by atoms with Crippen LogP contribution in [0.4, 0.5) is 13.2 Å². The van der Waals surface area contributed by atoms with E-state index in [1.807, 2.05) is 6.07 Å². The number of aromatic amines is 1. The molecule has 0 saturated heterocycles. The summed E-state index contributed by atoms with van der Waals surface area (Å²) < 4.78 is 40.1. The molecule has 0 spiro atoms. The molecule has 0 fully saturated rings. The predicted octanol–water partition coefficient (Wildman–Crippen LogP) is 3.56. The largest absolute Gasteiger partial charge is 0.258 e. The molecule has 0 atom stereocenters. The highest BCUT2D eigenvalue weighted by Gasteiger charge is 2.17. The molecule has 3 aromatic rings. The number of aromatic nitrogens is 3. The number of hydrogen-bond donors (Lipinski definition) is 1. The summed E-state index contributed by atoms with van der Waals surface area (Å²) in [6, 6.07) is 10.2. The van der Waals surface area contributed by atoms with Crippen molar-refractivity contribution in [2.75, 3.05) is 0 Å². The van der Waals surface area contributed by atoms with Crippen molar-refractivity contribution in [1.29, 1.82) is 0 Å². The highest BCUT2D eigenvalue weighted by Crippen LogP contribution is 2.25. The van der Waals surface area contributed by atoms with Crippen LogP contribution in [0.5, 0.6) is 0 Å². The highest BCUT2D eigenvalue weighted by molar-refractivity contribution is 5.62. The van der Waals surface area contributed by atoms with Crippen molar-refractivity contribution < 1.29 is 13.2 Å². The van der Waals surface area contributed by atoms with Gasteiger partial charge in [-0.25, -0.2) is 18.2 Å². The molecule has 6 heteroatoms. The van der Waals surface area contributed by atoms with Crippen LogP contribution in [0.15, 0.2) is 42.5 Å². The maximum absolute atomic E-state index is 13.6. The number of rotatable bonds is 2. The Labute approximate surface area is 112 Å². The van der Waals surface area contributed by atoms with E-state index in [4.69, 9.17) is 0 Å². The van der Waals surface area contributed by atoms with Gasteiger partial charge in [-0.2, -0.15) is 5.10 Å². The zero-order valence-corrected chi connectivity index (χ0v) is 10.1. The molecule has 0 unspecified atom stereocenters. The Bertz CT molecular complexity index is 730. The van der Waals surface area contributed by atoms with Gasteiger partial charge in [-0.3, -0.25) is 5.10 Å². The molecular weight excluding hydrogens is 267 g/mol. The van der Waals surface area contributed by atoms with E-state index in [1.54, 1.807) is 24.3 Å². The van der Waals surface area contributed by atoms with Crippen LogP contribution >= 0.6 is 0 Å². The first-order chi connectivity index (χ1) is 9.65. The van der Waals surface area contributed by atoms with Gasteiger partial charge >= 0.3 is 0 Å². The smallest absolute Gasteiger partial charge is 0.181 e. The molecule has 0 bridgehead atoms. The molecule has 0 saturated carbocycles. The van der Waals surface area contributed by atoms with Crippen LogP contribution in [0.1, 0.15) is 0 Å². The van der Waals surface area contributed by atoms with Crippen molar-refractivity contribution in [1.82, 2.24) is 15.2 Å². The van der Waals surface area contributed by atoms with Gasteiger partial charge in [-0.15, -0.1) is 0 Å². The number of hydrogen-bond acceptors (Lipinski definition) is 2. The first-order valence-electron chi connectivity index (χ1n) is 5.78. The molecule has 1 aromatic heterocycles. The summed E-state index contributed by atoms with van der Waals surface area (Å²) in [5, 5.41) is 6.36. The third-order valence-electron chi connectivity index (χ3n) is 2.76. The third kappa shape index (κ3) is 2.16. The molecule has 3 rings (SSSR count). The molecule has 1 N–H and O–H groups in total. The summed E-state index contributed by atoms with van der Waals surface area (Å²) in [6.07, 6.45) is 0. The summed E-state index contributed by atoms with van der Waals surface area (Å²) in [5.41, 5.74) is 0.277. The third-order valence-corrected chi connectivity index (χ3v) is 2.76. The SMILES string of the molecule is Fc1cc(F)c(-c2nc(-c3ccccc3)n[nH]2)c(F)c1. The Kier molecular flexibility index (Phi) is 2.98. The van der Waals surface area contributed by atoms with Crippen molar-refractivity contribution in [3.05, 3.63) is 59.9 Å². The molecule has 1 heterocycles. The molecule has 0 aliphatic carbocycles. The normalized spacial score (nSPS) is 10.8. The lowest BCUT2D eigenvalue weighted by Crippen LogP contribution is -1.94. The summed E-state index contributed by atoms with van der Waals surface area (Å²) in [7, 11) is 0. The standard InChI is InChI=1S/C14H8F3N3/c15-9-6-10(16)12(11(17)7-9)14-18-13(19-20-14)8-4-2-1-3-5-8/h1-7H,(H,18,19,20). The molecule has 3 nitrogen and oxygen atoms in total. The van der Waals surface area contributed by atoms with Gasteiger partial charge in [0.25, 0.3) is 0 Å². The average molecular weight is 275 g/mol. The van der Waals surface area contributed by atoms with Crippen LogP contribution in [0.3, 0.4) is 0 Å². The van der Waals surface area contributed by atoms with Gasteiger partial charge in [0, 0.05) is 17.7 Å². The van der Waals surface area contributed by atoms with Crippen LogP contribution in [0.2, 0.25) is 0 Å². The minimum Gasteiger partial charge on any atom is -0.258 e. The molecular formula is C14H8F3N3. The molecule has 0 aliphatic heterocycles. The van der Waals surface area contributed by atoms with Gasteiger partial charge in [0.15, 0.2) is 11.6 Å². The van der Waals surface area contributed by atoms with Crippen LogP contribution in [0.25, 0.3) is 22.8 Å². The quantitative estimate of drug-likeness (QED) is 0.777. The zero-order chi connectivity index (χ0) is 14.1. The van der Waals surface area contributed by atoms with E-state index in [0.29, 0.717) is 23.5 Å². The first-order valence-corrected chi connectivity index (χ1v) is 5.78. The van der Waals surface area contributed by atoms with Crippen LogP contribution in [-0.4, -0.2) is 15.2 Å². The maximum Gasteiger partial charge on any atom is 0.181 e. The van der Waals surface area contributed by atoms with Gasteiger partial charge in [0.2, 0.25) is 0 Å². The van der Waals surface area contributed by atoms with E-state index in [1.165, 1.54) is 0 Å². The van der Waals surface area contributed by atoms with E-state index < -0.39 is 23.0 Å². The Morgan fingerprint density at radius 1 is 0.900 bits per heavy atom. The number of nitrogens with one attached hydrogen (secondary N) is 1. The van der Waals surface area contributed by atoms with Gasteiger partial charge in [0.05, 0.1) is 5.56 Å². The number of H-pyrrole nitrogens is 1. The van der Waals surface area contributed by atoms with Crippen LogP contribution < -0.4 is 0 Å². The second-order valence-electron chi connectivity index (χ2n) is 4.12. The fourth-order valence-electron chi connectivity index (χ4n) is 1.86. The van der Waals surface area contributed by atoms with E-state index >= 15 is 0 Å². The minimum atomic E-state index is -1.03. The van der Waals surface area contributed by atoms with Crippen molar-refractivity contribution in [2.45, 2.75) is 0 Å². The van der Waals surface area contributed by atoms with Crippen molar-refractivity contribution in [3.63, 3.8) is 0 Å². The van der Waals surface area contributed by atoms with E-state index in [2.05, 4.69) is 15.2 Å². The van der Waals surface area contributed by atoms with E-state index in [9.17, 15) is 13.2 Å². The lowest BCUT2D eigenvalue weighted by Gasteiger charge is -2.00.